The van der Waals surface area contributed by atoms with Crippen molar-refractivity contribution >= 4 is 5.69 Å². The number of hydrogen-bond acceptors (Lipinski definition) is 2. The van der Waals surface area contributed by atoms with Crippen LogP contribution in [-0.4, -0.2) is 7.05 Å². The third kappa shape index (κ3) is 3.23. The summed E-state index contributed by atoms with van der Waals surface area (Å²) in [6.45, 7) is 0. The number of nitriles is 1. The van der Waals surface area contributed by atoms with Gasteiger partial charge in [-0.3, -0.25) is 0 Å². The van der Waals surface area contributed by atoms with Gasteiger partial charge in [0.25, 0.3) is 0 Å². The maximum absolute atomic E-state index is 8.87. The van der Waals surface area contributed by atoms with Crippen molar-refractivity contribution in [2.75, 3.05) is 12.4 Å². The number of nitrogens with one attached hydrogen (secondary N) is 1. The molecule has 1 aromatic carbocycles. The molecular weight excluding hydrogens is 208 g/mol. The number of nitrogens with zero attached hydrogens (tertiary/aromatic N) is 1. The molecule has 0 heterocycles. The summed E-state index contributed by atoms with van der Waals surface area (Å²) in [6, 6.07) is 11.1. The van der Waals surface area contributed by atoms with Gasteiger partial charge in [-0.1, -0.05) is 12.1 Å². The molecule has 0 saturated heterocycles. The van der Waals surface area contributed by atoms with Crippen LogP contribution in [0.15, 0.2) is 24.3 Å². The van der Waals surface area contributed by atoms with E-state index in [0.29, 0.717) is 5.92 Å². The van der Waals surface area contributed by atoms with Crippen LogP contribution >= 0.6 is 0 Å². The second kappa shape index (κ2) is 5.72. The number of anilines is 1. The first-order chi connectivity index (χ1) is 8.31. The van der Waals surface area contributed by atoms with Crippen molar-refractivity contribution < 1.29 is 0 Å². The highest BCUT2D eigenvalue weighted by molar-refractivity contribution is 5.43. The van der Waals surface area contributed by atoms with Gasteiger partial charge in [-0.2, -0.15) is 5.26 Å². The lowest BCUT2D eigenvalue weighted by Crippen LogP contribution is -2.15. The molecule has 17 heavy (non-hydrogen) atoms. The molecule has 1 aliphatic carbocycles. The van der Waals surface area contributed by atoms with Crippen molar-refractivity contribution in [2.24, 2.45) is 11.8 Å². The zero-order valence-electron chi connectivity index (χ0n) is 10.4. The third-order valence-electron chi connectivity index (χ3n) is 3.80. The number of benzene rings is 1. The molecule has 90 valence electrons. The molecule has 1 aromatic rings. The van der Waals surface area contributed by atoms with Gasteiger partial charge in [0.15, 0.2) is 0 Å². The molecule has 0 atom stereocenters. The highest BCUT2D eigenvalue weighted by atomic mass is 14.8. The Balaban J connectivity index is 1.87. The molecule has 2 heteroatoms. The highest BCUT2D eigenvalue weighted by Crippen LogP contribution is 2.30. The maximum atomic E-state index is 8.87. The van der Waals surface area contributed by atoms with Gasteiger partial charge < -0.3 is 5.32 Å². The van der Waals surface area contributed by atoms with Crippen LogP contribution in [0.2, 0.25) is 0 Å². The summed E-state index contributed by atoms with van der Waals surface area (Å²) in [4.78, 5) is 0. The molecule has 0 spiro atoms. The van der Waals surface area contributed by atoms with Crippen LogP contribution in [0.3, 0.4) is 0 Å². The fraction of sp³-hybridized carbons (Fsp3) is 0.533. The molecule has 1 N–H and O–H groups in total. The van der Waals surface area contributed by atoms with Crippen LogP contribution in [0.4, 0.5) is 5.69 Å². The van der Waals surface area contributed by atoms with Crippen molar-refractivity contribution in [1.82, 2.24) is 0 Å². The number of rotatable bonds is 3. The largest absolute Gasteiger partial charge is 0.388 e. The van der Waals surface area contributed by atoms with Gasteiger partial charge in [-0.15, -0.1) is 0 Å². The standard InChI is InChI=1S/C15H20N2/c1-17-15-8-6-13(7-9-15)10-12-2-4-14(11-16)5-3-12/h6-9,12,14,17H,2-5,10H2,1H3. The average Bonchev–Trinajstić information content (AvgIpc) is 2.40. The lowest BCUT2D eigenvalue weighted by Gasteiger charge is -2.24. The van der Waals surface area contributed by atoms with Gasteiger partial charge in [-0.25, -0.2) is 0 Å². The Bertz CT molecular complexity index is 380. The molecule has 0 unspecified atom stereocenters. The van der Waals surface area contributed by atoms with E-state index in [1.807, 2.05) is 7.05 Å². The van der Waals surface area contributed by atoms with Crippen molar-refractivity contribution in [2.45, 2.75) is 32.1 Å². The zero-order chi connectivity index (χ0) is 12.1. The lowest BCUT2D eigenvalue weighted by molar-refractivity contribution is 0.313. The molecule has 0 radical (unpaired) electrons. The topological polar surface area (TPSA) is 35.8 Å². The molecule has 0 aromatic heterocycles. The Hall–Kier alpha value is -1.49. The van der Waals surface area contributed by atoms with E-state index in [1.165, 1.54) is 30.5 Å². The van der Waals surface area contributed by atoms with Crippen LogP contribution < -0.4 is 5.32 Å². The first-order valence-corrected chi connectivity index (χ1v) is 6.48. The van der Waals surface area contributed by atoms with E-state index in [4.69, 9.17) is 5.26 Å². The summed E-state index contributed by atoms with van der Waals surface area (Å²) in [5.41, 5.74) is 2.59. The fourth-order valence-electron chi connectivity index (χ4n) is 2.64. The fourth-order valence-corrected chi connectivity index (χ4v) is 2.64. The Kier molecular flexibility index (Phi) is 4.03. The van der Waals surface area contributed by atoms with Gasteiger partial charge in [0, 0.05) is 18.7 Å². The summed E-state index contributed by atoms with van der Waals surface area (Å²) in [7, 11) is 1.94. The van der Waals surface area contributed by atoms with Crippen molar-refractivity contribution in [1.29, 1.82) is 5.26 Å². The van der Waals surface area contributed by atoms with Gasteiger partial charge in [0.1, 0.15) is 0 Å². The first kappa shape index (κ1) is 12.0. The van der Waals surface area contributed by atoms with Gasteiger partial charge in [0.2, 0.25) is 0 Å². The number of hydrogen-bond donors (Lipinski definition) is 1. The summed E-state index contributed by atoms with van der Waals surface area (Å²) >= 11 is 0. The Morgan fingerprint density at radius 1 is 1.18 bits per heavy atom. The molecule has 0 bridgehead atoms. The van der Waals surface area contributed by atoms with Crippen molar-refractivity contribution in [3.05, 3.63) is 29.8 Å². The maximum Gasteiger partial charge on any atom is 0.0655 e. The van der Waals surface area contributed by atoms with E-state index >= 15 is 0 Å². The van der Waals surface area contributed by atoms with Crippen molar-refractivity contribution in [3.63, 3.8) is 0 Å². The van der Waals surface area contributed by atoms with E-state index < -0.39 is 0 Å². The third-order valence-corrected chi connectivity index (χ3v) is 3.80. The first-order valence-electron chi connectivity index (χ1n) is 6.48. The Morgan fingerprint density at radius 2 is 1.82 bits per heavy atom. The smallest absolute Gasteiger partial charge is 0.0655 e. The second-order valence-electron chi connectivity index (χ2n) is 5.00. The molecule has 2 rings (SSSR count). The van der Waals surface area contributed by atoms with Crippen molar-refractivity contribution in [3.8, 4) is 6.07 Å². The molecule has 1 saturated carbocycles. The second-order valence-corrected chi connectivity index (χ2v) is 5.00. The summed E-state index contributed by atoms with van der Waals surface area (Å²) in [5, 5.41) is 12.0. The molecular formula is C15H20N2. The monoisotopic (exact) mass is 228 g/mol. The summed E-state index contributed by atoms with van der Waals surface area (Å²) in [6.07, 6.45) is 5.78. The SMILES string of the molecule is CNc1ccc(CC2CCC(C#N)CC2)cc1. The van der Waals surface area contributed by atoms with E-state index in [9.17, 15) is 0 Å². The molecule has 0 aliphatic heterocycles. The van der Waals surface area contributed by atoms with E-state index in [2.05, 4.69) is 35.7 Å². The summed E-state index contributed by atoms with van der Waals surface area (Å²) in [5.74, 6) is 1.10. The van der Waals surface area contributed by atoms with Gasteiger partial charge in [-0.05, 0) is 55.7 Å². The van der Waals surface area contributed by atoms with Crippen LogP contribution in [0.5, 0.6) is 0 Å². The molecule has 1 fully saturated rings. The Labute approximate surface area is 104 Å². The minimum absolute atomic E-state index is 0.318. The lowest BCUT2D eigenvalue weighted by atomic mass is 9.80. The van der Waals surface area contributed by atoms with E-state index in [0.717, 1.165) is 18.8 Å². The molecule has 0 amide bonds. The minimum atomic E-state index is 0.318. The Morgan fingerprint density at radius 3 is 2.35 bits per heavy atom. The van der Waals surface area contributed by atoms with E-state index in [1.54, 1.807) is 0 Å². The van der Waals surface area contributed by atoms with Crippen LogP contribution in [0, 0.1) is 23.2 Å². The summed E-state index contributed by atoms with van der Waals surface area (Å²) < 4.78 is 0. The molecule has 1 aliphatic rings. The van der Waals surface area contributed by atoms with Gasteiger partial charge in [0.05, 0.1) is 6.07 Å². The quantitative estimate of drug-likeness (QED) is 0.858. The average molecular weight is 228 g/mol. The van der Waals surface area contributed by atoms with Crippen LogP contribution in [-0.2, 0) is 6.42 Å². The highest BCUT2D eigenvalue weighted by Gasteiger charge is 2.20. The minimum Gasteiger partial charge on any atom is -0.388 e. The molecule has 2 nitrogen and oxygen atoms in total. The van der Waals surface area contributed by atoms with E-state index in [-0.39, 0.29) is 0 Å². The van der Waals surface area contributed by atoms with Crippen LogP contribution in [0.1, 0.15) is 31.2 Å². The van der Waals surface area contributed by atoms with Crippen LogP contribution in [0.25, 0.3) is 0 Å². The normalized spacial score (nSPS) is 24.0. The predicted octanol–water partition coefficient (Wildman–Crippen LogP) is 3.60. The predicted molar refractivity (Wildman–Crippen MR) is 70.8 cm³/mol. The zero-order valence-corrected chi connectivity index (χ0v) is 10.4. The van der Waals surface area contributed by atoms with Gasteiger partial charge >= 0.3 is 0 Å².